The number of para-hydroxylation sites is 1. The first kappa shape index (κ1) is 14.8. The predicted octanol–water partition coefficient (Wildman–Crippen LogP) is 4.08. The van der Waals surface area contributed by atoms with E-state index in [9.17, 15) is 4.39 Å². The summed E-state index contributed by atoms with van der Waals surface area (Å²) in [7, 11) is 1.47. The molecule has 1 N–H and O–H groups in total. The zero-order valence-electron chi connectivity index (χ0n) is 10.9. The van der Waals surface area contributed by atoms with Crippen molar-refractivity contribution in [3.05, 3.63) is 51.7 Å². The van der Waals surface area contributed by atoms with Gasteiger partial charge in [-0.1, -0.05) is 6.07 Å². The van der Waals surface area contributed by atoms with Crippen LogP contribution < -0.4 is 10.1 Å². The number of halogens is 2. The minimum absolute atomic E-state index is 0.0726. The topological polar surface area (TPSA) is 68.8 Å². The van der Waals surface area contributed by atoms with Crippen molar-refractivity contribution in [2.45, 2.75) is 0 Å². The van der Waals surface area contributed by atoms with E-state index in [0.29, 0.717) is 17.0 Å². The Morgan fingerprint density at radius 2 is 1.86 bits per heavy atom. The maximum Gasteiger partial charge on any atom is 0.162 e. The van der Waals surface area contributed by atoms with Crippen LogP contribution in [-0.2, 0) is 0 Å². The number of hydrogen-bond acceptors (Lipinski definition) is 4. The SMILES string of the molecule is COc1cccc(C#N)c1Nc1ccc(C#N)c(Br)c1F. The molecule has 0 saturated heterocycles. The number of nitriles is 2. The molecule has 0 spiro atoms. The number of nitrogens with zero attached hydrogens (tertiary/aromatic N) is 2. The molecule has 0 aromatic heterocycles. The summed E-state index contributed by atoms with van der Waals surface area (Å²) in [6, 6.07) is 11.8. The van der Waals surface area contributed by atoms with E-state index in [4.69, 9.17) is 15.3 Å². The van der Waals surface area contributed by atoms with E-state index in [-0.39, 0.29) is 15.7 Å². The fraction of sp³-hybridized carbons (Fsp3) is 0.0667. The highest BCUT2D eigenvalue weighted by Crippen LogP contribution is 2.34. The molecule has 0 atom stereocenters. The molecule has 2 rings (SSSR count). The van der Waals surface area contributed by atoms with Gasteiger partial charge in [-0.3, -0.25) is 0 Å². The first-order valence-electron chi connectivity index (χ1n) is 5.84. The molecule has 0 radical (unpaired) electrons. The van der Waals surface area contributed by atoms with E-state index in [2.05, 4.69) is 21.2 Å². The molecular formula is C15H9BrFN3O. The van der Waals surface area contributed by atoms with Crippen LogP contribution in [0, 0.1) is 28.5 Å². The summed E-state index contributed by atoms with van der Waals surface area (Å²) >= 11 is 3.04. The average Bonchev–Trinajstić information content (AvgIpc) is 2.52. The van der Waals surface area contributed by atoms with Gasteiger partial charge >= 0.3 is 0 Å². The molecule has 0 bridgehead atoms. The molecule has 104 valence electrons. The van der Waals surface area contributed by atoms with Crippen LogP contribution in [0.4, 0.5) is 15.8 Å². The third-order valence-electron chi connectivity index (χ3n) is 2.83. The van der Waals surface area contributed by atoms with E-state index in [1.54, 1.807) is 18.2 Å². The zero-order chi connectivity index (χ0) is 15.4. The van der Waals surface area contributed by atoms with Gasteiger partial charge in [0.2, 0.25) is 0 Å². The van der Waals surface area contributed by atoms with Crippen LogP contribution in [0.2, 0.25) is 0 Å². The Bertz CT molecular complexity index is 778. The van der Waals surface area contributed by atoms with Crippen LogP contribution >= 0.6 is 15.9 Å². The third-order valence-corrected chi connectivity index (χ3v) is 3.60. The van der Waals surface area contributed by atoms with Crippen molar-refractivity contribution < 1.29 is 9.13 Å². The van der Waals surface area contributed by atoms with E-state index in [1.807, 2.05) is 12.1 Å². The second-order valence-corrected chi connectivity index (χ2v) is 4.81. The lowest BCUT2D eigenvalue weighted by atomic mass is 10.1. The van der Waals surface area contributed by atoms with Gasteiger partial charge in [0.15, 0.2) is 5.82 Å². The molecule has 0 aliphatic carbocycles. The van der Waals surface area contributed by atoms with Crippen LogP contribution in [0.15, 0.2) is 34.8 Å². The van der Waals surface area contributed by atoms with Gasteiger partial charge in [0.05, 0.1) is 34.1 Å². The minimum atomic E-state index is -0.608. The molecule has 0 saturated carbocycles. The summed E-state index contributed by atoms with van der Waals surface area (Å²) in [5, 5.41) is 20.8. The molecular weight excluding hydrogens is 337 g/mol. The number of benzene rings is 2. The van der Waals surface area contributed by atoms with Crippen molar-refractivity contribution >= 4 is 27.3 Å². The third kappa shape index (κ3) is 2.81. The largest absolute Gasteiger partial charge is 0.495 e. The Morgan fingerprint density at radius 1 is 1.14 bits per heavy atom. The maximum atomic E-state index is 14.2. The van der Waals surface area contributed by atoms with Gasteiger partial charge in [-0.15, -0.1) is 0 Å². The molecule has 6 heteroatoms. The molecule has 0 aliphatic heterocycles. The summed E-state index contributed by atoms with van der Waals surface area (Å²) in [6.45, 7) is 0. The van der Waals surface area contributed by atoms with Crippen LogP contribution in [0.3, 0.4) is 0 Å². The van der Waals surface area contributed by atoms with Crippen molar-refractivity contribution in [1.82, 2.24) is 0 Å². The number of methoxy groups -OCH3 is 1. The zero-order valence-corrected chi connectivity index (χ0v) is 12.5. The number of nitrogens with one attached hydrogen (secondary N) is 1. The van der Waals surface area contributed by atoms with Crippen LogP contribution in [0.25, 0.3) is 0 Å². The Labute approximate surface area is 129 Å². The van der Waals surface area contributed by atoms with Crippen molar-refractivity contribution in [3.63, 3.8) is 0 Å². The number of hydrogen-bond donors (Lipinski definition) is 1. The van der Waals surface area contributed by atoms with Gasteiger partial charge in [0, 0.05) is 0 Å². The fourth-order valence-electron chi connectivity index (χ4n) is 1.79. The quantitative estimate of drug-likeness (QED) is 0.909. The van der Waals surface area contributed by atoms with Crippen molar-refractivity contribution in [3.8, 4) is 17.9 Å². The minimum Gasteiger partial charge on any atom is -0.495 e. The molecule has 0 fully saturated rings. The molecule has 4 nitrogen and oxygen atoms in total. The summed E-state index contributed by atoms with van der Waals surface area (Å²) in [6.07, 6.45) is 0. The van der Waals surface area contributed by atoms with Gasteiger partial charge in [0.25, 0.3) is 0 Å². The maximum absolute atomic E-state index is 14.2. The van der Waals surface area contributed by atoms with E-state index in [0.717, 1.165) is 0 Å². The smallest absolute Gasteiger partial charge is 0.162 e. The summed E-state index contributed by atoms with van der Waals surface area (Å²) in [4.78, 5) is 0. The Hall–Kier alpha value is -2.57. The number of ether oxygens (including phenoxy) is 1. The van der Waals surface area contributed by atoms with Crippen LogP contribution in [-0.4, -0.2) is 7.11 Å². The Kier molecular flexibility index (Phi) is 4.42. The van der Waals surface area contributed by atoms with Gasteiger partial charge in [0.1, 0.15) is 17.9 Å². The van der Waals surface area contributed by atoms with Gasteiger partial charge < -0.3 is 10.1 Å². The highest BCUT2D eigenvalue weighted by molar-refractivity contribution is 9.10. The predicted molar refractivity (Wildman–Crippen MR) is 79.8 cm³/mol. The van der Waals surface area contributed by atoms with Crippen LogP contribution in [0.1, 0.15) is 11.1 Å². The van der Waals surface area contributed by atoms with E-state index >= 15 is 0 Å². The first-order chi connectivity index (χ1) is 10.1. The highest BCUT2D eigenvalue weighted by atomic mass is 79.9. The van der Waals surface area contributed by atoms with Crippen LogP contribution in [0.5, 0.6) is 5.75 Å². The van der Waals surface area contributed by atoms with Gasteiger partial charge in [-0.25, -0.2) is 4.39 Å². The molecule has 2 aromatic carbocycles. The number of anilines is 2. The lowest BCUT2D eigenvalue weighted by molar-refractivity contribution is 0.416. The Morgan fingerprint density at radius 3 is 2.48 bits per heavy atom. The summed E-state index contributed by atoms with van der Waals surface area (Å²) in [5.74, 6) is -0.183. The van der Waals surface area contributed by atoms with E-state index < -0.39 is 5.82 Å². The normalized spacial score (nSPS) is 9.57. The van der Waals surface area contributed by atoms with Crippen molar-refractivity contribution in [1.29, 1.82) is 10.5 Å². The second kappa shape index (κ2) is 6.25. The monoisotopic (exact) mass is 345 g/mol. The van der Waals surface area contributed by atoms with Gasteiger partial charge in [-0.2, -0.15) is 10.5 Å². The molecule has 0 amide bonds. The first-order valence-corrected chi connectivity index (χ1v) is 6.64. The van der Waals surface area contributed by atoms with Crippen molar-refractivity contribution in [2.75, 3.05) is 12.4 Å². The summed E-state index contributed by atoms with van der Waals surface area (Å²) in [5.41, 5.74) is 1.03. The molecule has 21 heavy (non-hydrogen) atoms. The van der Waals surface area contributed by atoms with Gasteiger partial charge in [-0.05, 0) is 40.2 Å². The lowest BCUT2D eigenvalue weighted by Crippen LogP contribution is -2.00. The highest BCUT2D eigenvalue weighted by Gasteiger charge is 2.15. The fourth-order valence-corrected chi connectivity index (χ4v) is 2.22. The number of rotatable bonds is 3. The second-order valence-electron chi connectivity index (χ2n) is 4.02. The molecule has 0 unspecified atom stereocenters. The Balaban J connectivity index is 2.52. The molecule has 0 aliphatic rings. The summed E-state index contributed by atoms with van der Waals surface area (Å²) < 4.78 is 19.5. The molecule has 0 heterocycles. The van der Waals surface area contributed by atoms with E-state index in [1.165, 1.54) is 19.2 Å². The van der Waals surface area contributed by atoms with Crippen molar-refractivity contribution in [2.24, 2.45) is 0 Å². The standard InChI is InChI=1S/C15H9BrFN3O/c1-21-12-4-2-3-10(8-19)15(12)20-11-6-5-9(7-18)13(16)14(11)17/h2-6,20H,1H3. The lowest BCUT2D eigenvalue weighted by Gasteiger charge is -2.14. The molecule has 2 aromatic rings. The average molecular weight is 346 g/mol.